The van der Waals surface area contributed by atoms with Crippen LogP contribution in [0.5, 0.6) is 5.75 Å². The number of methoxy groups -OCH3 is 1. The average Bonchev–Trinajstić information content (AvgIpc) is 3.24. The summed E-state index contributed by atoms with van der Waals surface area (Å²) in [5.74, 6) is 2.64. The van der Waals surface area contributed by atoms with Gasteiger partial charge in [-0.15, -0.1) is 0 Å². The molecule has 5 heteroatoms. The molecule has 2 fully saturated rings. The number of carbonyl (C=O) groups is 2. The van der Waals surface area contributed by atoms with Crippen molar-refractivity contribution in [3.8, 4) is 5.75 Å². The van der Waals surface area contributed by atoms with E-state index in [0.717, 1.165) is 11.8 Å². The lowest BCUT2D eigenvalue weighted by atomic mass is 9.84. The summed E-state index contributed by atoms with van der Waals surface area (Å²) in [5, 5.41) is 5.92. The van der Waals surface area contributed by atoms with Crippen molar-refractivity contribution in [3.63, 3.8) is 0 Å². The molecule has 4 unspecified atom stereocenters. The van der Waals surface area contributed by atoms with Gasteiger partial charge in [-0.3, -0.25) is 9.59 Å². The lowest BCUT2D eigenvalue weighted by Gasteiger charge is -2.28. The summed E-state index contributed by atoms with van der Waals surface area (Å²) in [6.07, 6.45) is 5.60. The molecule has 2 N–H and O–H groups in total. The highest BCUT2D eigenvalue weighted by molar-refractivity contribution is 5.97. The van der Waals surface area contributed by atoms with Crippen molar-refractivity contribution < 1.29 is 14.3 Å². The standard InChI is InChI=1S/C20H28N2O3/c1-13(17-12-14-7-8-15(17)11-14)22-19(23)9-10-21-20(24)16-5-3-4-6-18(16)25-2/h3-6,13-15,17H,7-12H2,1-2H3,(H,21,24)(H,22,23). The third-order valence-electron chi connectivity index (χ3n) is 5.81. The van der Waals surface area contributed by atoms with E-state index in [1.165, 1.54) is 32.8 Å². The maximum absolute atomic E-state index is 12.2. The molecule has 0 saturated heterocycles. The van der Waals surface area contributed by atoms with E-state index in [1.54, 1.807) is 18.2 Å². The van der Waals surface area contributed by atoms with Crippen LogP contribution in [0.3, 0.4) is 0 Å². The summed E-state index contributed by atoms with van der Waals surface area (Å²) in [6, 6.07) is 7.30. The van der Waals surface area contributed by atoms with Gasteiger partial charge in [-0.2, -0.15) is 0 Å². The van der Waals surface area contributed by atoms with Crippen molar-refractivity contribution in [3.05, 3.63) is 29.8 Å². The second kappa shape index (κ2) is 7.89. The zero-order valence-electron chi connectivity index (χ0n) is 15.1. The molecule has 2 saturated carbocycles. The fraction of sp³-hybridized carbons (Fsp3) is 0.600. The molecule has 25 heavy (non-hydrogen) atoms. The summed E-state index contributed by atoms with van der Waals surface area (Å²) in [7, 11) is 1.54. The molecule has 2 aliphatic carbocycles. The van der Waals surface area contributed by atoms with Gasteiger partial charge >= 0.3 is 0 Å². The lowest BCUT2D eigenvalue weighted by molar-refractivity contribution is -0.122. The minimum atomic E-state index is -0.216. The summed E-state index contributed by atoms with van der Waals surface area (Å²) >= 11 is 0. The van der Waals surface area contributed by atoms with Gasteiger partial charge in [0, 0.05) is 19.0 Å². The molecule has 2 bridgehead atoms. The third kappa shape index (κ3) is 4.14. The van der Waals surface area contributed by atoms with Crippen LogP contribution in [-0.4, -0.2) is 31.5 Å². The van der Waals surface area contributed by atoms with Gasteiger partial charge in [0.2, 0.25) is 5.91 Å². The Labute approximate surface area is 149 Å². The first-order valence-electron chi connectivity index (χ1n) is 9.29. The van der Waals surface area contributed by atoms with Crippen molar-refractivity contribution in [2.45, 2.75) is 45.1 Å². The number of para-hydroxylation sites is 1. The van der Waals surface area contributed by atoms with Crippen molar-refractivity contribution in [1.82, 2.24) is 10.6 Å². The molecule has 2 aliphatic rings. The molecule has 2 amide bonds. The molecule has 5 nitrogen and oxygen atoms in total. The summed E-state index contributed by atoms with van der Waals surface area (Å²) in [5.41, 5.74) is 0.487. The number of ether oxygens (including phenoxy) is 1. The number of fused-ring (bicyclic) bond motifs is 2. The molecule has 1 aromatic rings. The van der Waals surface area contributed by atoms with Gasteiger partial charge in [-0.1, -0.05) is 18.6 Å². The van der Waals surface area contributed by atoms with E-state index in [4.69, 9.17) is 4.74 Å². The summed E-state index contributed by atoms with van der Waals surface area (Å²) in [6.45, 7) is 2.45. The Balaban J connectivity index is 1.41. The molecule has 136 valence electrons. The molecular formula is C20H28N2O3. The van der Waals surface area contributed by atoms with Gasteiger partial charge in [0.05, 0.1) is 12.7 Å². The van der Waals surface area contributed by atoms with E-state index < -0.39 is 0 Å². The largest absolute Gasteiger partial charge is 0.496 e. The van der Waals surface area contributed by atoms with Crippen molar-refractivity contribution in [2.75, 3.05) is 13.7 Å². The Kier molecular flexibility index (Phi) is 5.61. The molecular weight excluding hydrogens is 316 g/mol. The van der Waals surface area contributed by atoms with Crippen molar-refractivity contribution in [2.24, 2.45) is 17.8 Å². The van der Waals surface area contributed by atoms with E-state index in [1.807, 2.05) is 6.07 Å². The zero-order chi connectivity index (χ0) is 17.8. The van der Waals surface area contributed by atoms with Crippen LogP contribution in [0.1, 0.15) is 49.4 Å². The van der Waals surface area contributed by atoms with Crippen LogP contribution >= 0.6 is 0 Å². The van der Waals surface area contributed by atoms with Crippen LogP contribution < -0.4 is 15.4 Å². The van der Waals surface area contributed by atoms with Crippen LogP contribution in [0.4, 0.5) is 0 Å². The van der Waals surface area contributed by atoms with Crippen molar-refractivity contribution >= 4 is 11.8 Å². The fourth-order valence-electron chi connectivity index (χ4n) is 4.56. The normalized spacial score (nSPS) is 25.4. The predicted molar refractivity (Wildman–Crippen MR) is 96.5 cm³/mol. The number of hydrogen-bond acceptors (Lipinski definition) is 3. The molecule has 1 aromatic carbocycles. The van der Waals surface area contributed by atoms with E-state index >= 15 is 0 Å². The van der Waals surface area contributed by atoms with Gasteiger partial charge in [-0.25, -0.2) is 0 Å². The van der Waals surface area contributed by atoms with Gasteiger partial charge in [0.25, 0.3) is 5.91 Å². The van der Waals surface area contributed by atoms with Gasteiger partial charge in [0.1, 0.15) is 5.75 Å². The maximum Gasteiger partial charge on any atom is 0.255 e. The van der Waals surface area contributed by atoms with Crippen molar-refractivity contribution in [1.29, 1.82) is 0 Å². The van der Waals surface area contributed by atoms with Crippen LogP contribution in [0.15, 0.2) is 24.3 Å². The molecule has 0 radical (unpaired) electrons. The second-order valence-electron chi connectivity index (χ2n) is 7.40. The van der Waals surface area contributed by atoms with E-state index in [2.05, 4.69) is 17.6 Å². The Morgan fingerprint density at radius 3 is 2.72 bits per heavy atom. The Morgan fingerprint density at radius 2 is 2.04 bits per heavy atom. The molecule has 3 rings (SSSR count). The molecule has 0 aromatic heterocycles. The Hall–Kier alpha value is -2.04. The number of rotatable bonds is 7. The first kappa shape index (κ1) is 17.8. The monoisotopic (exact) mass is 344 g/mol. The SMILES string of the molecule is COc1ccccc1C(=O)NCCC(=O)NC(C)C1CC2CCC1C2. The maximum atomic E-state index is 12.2. The third-order valence-corrected chi connectivity index (χ3v) is 5.81. The number of benzene rings is 1. The highest BCUT2D eigenvalue weighted by Crippen LogP contribution is 2.49. The molecule has 0 aliphatic heterocycles. The first-order valence-corrected chi connectivity index (χ1v) is 9.29. The van der Waals surface area contributed by atoms with Gasteiger partial charge < -0.3 is 15.4 Å². The number of carbonyl (C=O) groups excluding carboxylic acids is 2. The highest BCUT2D eigenvalue weighted by atomic mass is 16.5. The lowest BCUT2D eigenvalue weighted by Crippen LogP contribution is -2.41. The number of amides is 2. The smallest absolute Gasteiger partial charge is 0.255 e. The Morgan fingerprint density at radius 1 is 1.24 bits per heavy atom. The highest BCUT2D eigenvalue weighted by Gasteiger charge is 2.42. The van der Waals surface area contributed by atoms with E-state index in [9.17, 15) is 9.59 Å². The topological polar surface area (TPSA) is 67.4 Å². The second-order valence-corrected chi connectivity index (χ2v) is 7.40. The molecule has 0 spiro atoms. The number of hydrogen-bond donors (Lipinski definition) is 2. The minimum absolute atomic E-state index is 0.00981. The number of nitrogens with one attached hydrogen (secondary N) is 2. The average molecular weight is 344 g/mol. The van der Waals surface area contributed by atoms with Gasteiger partial charge in [0.15, 0.2) is 0 Å². The van der Waals surface area contributed by atoms with Crippen LogP contribution in [-0.2, 0) is 4.79 Å². The molecule has 0 heterocycles. The van der Waals surface area contributed by atoms with Crippen LogP contribution in [0.25, 0.3) is 0 Å². The Bertz CT molecular complexity index is 631. The fourth-order valence-corrected chi connectivity index (χ4v) is 4.56. The van der Waals surface area contributed by atoms with E-state index in [-0.39, 0.29) is 17.9 Å². The predicted octanol–water partition coefficient (Wildman–Crippen LogP) is 2.76. The van der Waals surface area contributed by atoms with Gasteiger partial charge in [-0.05, 0) is 56.1 Å². The minimum Gasteiger partial charge on any atom is -0.496 e. The summed E-state index contributed by atoms with van der Waals surface area (Å²) < 4.78 is 5.19. The zero-order valence-corrected chi connectivity index (χ0v) is 15.1. The van der Waals surface area contributed by atoms with Crippen LogP contribution in [0.2, 0.25) is 0 Å². The van der Waals surface area contributed by atoms with E-state index in [0.29, 0.717) is 30.2 Å². The summed E-state index contributed by atoms with van der Waals surface area (Å²) in [4.78, 5) is 24.4. The molecule has 4 atom stereocenters. The quantitative estimate of drug-likeness (QED) is 0.799. The van der Waals surface area contributed by atoms with Crippen LogP contribution in [0, 0.1) is 17.8 Å². The first-order chi connectivity index (χ1) is 12.1.